The molecule has 0 saturated carbocycles. The highest BCUT2D eigenvalue weighted by Gasteiger charge is 2.31. The zero-order valence-electron chi connectivity index (χ0n) is 13.4. The Hall–Kier alpha value is -2.89. The Labute approximate surface area is 139 Å². The lowest BCUT2D eigenvalue weighted by Crippen LogP contribution is -2.30. The minimum Gasteiger partial charge on any atom is -0.497 e. The summed E-state index contributed by atoms with van der Waals surface area (Å²) in [5, 5.41) is 10.7. The Bertz CT molecular complexity index is 889. The molecule has 4 rings (SSSR count). The van der Waals surface area contributed by atoms with Crippen LogP contribution >= 0.6 is 0 Å². The average molecular weight is 322 g/mol. The lowest BCUT2D eigenvalue weighted by molar-refractivity contribution is 0.0735. The van der Waals surface area contributed by atoms with Crippen LogP contribution in [0.15, 0.2) is 42.5 Å². The van der Waals surface area contributed by atoms with Gasteiger partial charge in [-0.1, -0.05) is 12.1 Å². The van der Waals surface area contributed by atoms with Crippen molar-refractivity contribution >= 4 is 16.9 Å². The number of hydrogen-bond acceptors (Lipinski definition) is 4. The lowest BCUT2D eigenvalue weighted by Gasteiger charge is -2.25. The summed E-state index contributed by atoms with van der Waals surface area (Å²) < 4.78 is 5.31. The van der Waals surface area contributed by atoms with Crippen LogP contribution in [0.3, 0.4) is 0 Å². The molecule has 2 heterocycles. The molecule has 122 valence electrons. The van der Waals surface area contributed by atoms with E-state index in [0.717, 1.165) is 36.2 Å². The summed E-state index contributed by atoms with van der Waals surface area (Å²) in [5.41, 5.74) is 3.23. The standard InChI is InChI=1S/C18H18N4O2/c1-24-14-5-2-4-12(10-14)17-6-3-9-22(17)18(23)13-7-8-15-16(11-13)20-21-19-15/h2,4-5,7-8,10-11,17H,3,6,9H2,1H3,(H,19,20,21). The van der Waals surface area contributed by atoms with Crippen molar-refractivity contribution in [2.24, 2.45) is 0 Å². The Morgan fingerprint density at radius 2 is 2.08 bits per heavy atom. The molecule has 1 atom stereocenters. The summed E-state index contributed by atoms with van der Waals surface area (Å²) in [6.45, 7) is 0.761. The van der Waals surface area contributed by atoms with Crippen LogP contribution in [0.5, 0.6) is 5.75 Å². The van der Waals surface area contributed by atoms with Gasteiger partial charge >= 0.3 is 0 Å². The van der Waals surface area contributed by atoms with Gasteiger partial charge in [-0.15, -0.1) is 0 Å². The van der Waals surface area contributed by atoms with E-state index in [0.29, 0.717) is 11.1 Å². The molecule has 0 aliphatic carbocycles. The smallest absolute Gasteiger partial charge is 0.254 e. The van der Waals surface area contributed by atoms with Crippen LogP contribution in [0, 0.1) is 0 Å². The highest BCUT2D eigenvalue weighted by Crippen LogP contribution is 2.34. The molecule has 24 heavy (non-hydrogen) atoms. The van der Waals surface area contributed by atoms with Crippen LogP contribution in [0.4, 0.5) is 0 Å². The van der Waals surface area contributed by atoms with Gasteiger partial charge in [-0.3, -0.25) is 4.79 Å². The van der Waals surface area contributed by atoms with Crippen molar-refractivity contribution in [2.45, 2.75) is 18.9 Å². The van der Waals surface area contributed by atoms with E-state index in [9.17, 15) is 4.79 Å². The molecule has 0 bridgehead atoms. The van der Waals surface area contributed by atoms with Crippen LogP contribution in [0.25, 0.3) is 11.0 Å². The first-order valence-corrected chi connectivity index (χ1v) is 8.02. The molecule has 1 unspecified atom stereocenters. The number of aromatic amines is 1. The second-order valence-corrected chi connectivity index (χ2v) is 5.96. The molecule has 2 aromatic carbocycles. The second kappa shape index (κ2) is 5.96. The normalized spacial score (nSPS) is 17.4. The average Bonchev–Trinajstić information content (AvgIpc) is 3.29. The number of nitrogens with one attached hydrogen (secondary N) is 1. The van der Waals surface area contributed by atoms with Crippen LogP contribution in [0.2, 0.25) is 0 Å². The molecule has 1 aliphatic heterocycles. The first-order valence-electron chi connectivity index (χ1n) is 8.02. The number of rotatable bonds is 3. The van der Waals surface area contributed by atoms with Crippen molar-refractivity contribution < 1.29 is 9.53 Å². The summed E-state index contributed by atoms with van der Waals surface area (Å²) in [6, 6.07) is 13.5. The van der Waals surface area contributed by atoms with Gasteiger partial charge in [0.15, 0.2) is 0 Å². The predicted octanol–water partition coefficient (Wildman–Crippen LogP) is 2.94. The number of H-pyrrole nitrogens is 1. The fourth-order valence-electron chi connectivity index (χ4n) is 3.34. The van der Waals surface area contributed by atoms with Crippen molar-refractivity contribution in [2.75, 3.05) is 13.7 Å². The van der Waals surface area contributed by atoms with Gasteiger partial charge in [0.05, 0.1) is 13.2 Å². The maximum absolute atomic E-state index is 13.0. The van der Waals surface area contributed by atoms with Crippen molar-refractivity contribution in [3.8, 4) is 5.75 Å². The van der Waals surface area contributed by atoms with Gasteiger partial charge < -0.3 is 9.64 Å². The Kier molecular flexibility index (Phi) is 3.65. The summed E-state index contributed by atoms with van der Waals surface area (Å²) in [6.07, 6.45) is 1.96. The van der Waals surface area contributed by atoms with E-state index < -0.39 is 0 Å². The third kappa shape index (κ3) is 2.50. The van der Waals surface area contributed by atoms with Crippen molar-refractivity contribution in [1.29, 1.82) is 0 Å². The molecule has 6 heteroatoms. The zero-order chi connectivity index (χ0) is 16.5. The van der Waals surface area contributed by atoms with Crippen LogP contribution < -0.4 is 4.74 Å². The minimum atomic E-state index is 0.0326. The number of methoxy groups -OCH3 is 1. The van der Waals surface area contributed by atoms with E-state index in [1.54, 1.807) is 13.2 Å². The van der Waals surface area contributed by atoms with Crippen molar-refractivity contribution in [3.05, 3.63) is 53.6 Å². The topological polar surface area (TPSA) is 71.1 Å². The molecule has 0 spiro atoms. The van der Waals surface area contributed by atoms with Crippen molar-refractivity contribution in [3.63, 3.8) is 0 Å². The van der Waals surface area contributed by atoms with Gasteiger partial charge in [0, 0.05) is 12.1 Å². The van der Waals surface area contributed by atoms with Crippen LogP contribution in [-0.2, 0) is 0 Å². The summed E-state index contributed by atoms with van der Waals surface area (Å²) >= 11 is 0. The molecule has 1 amide bonds. The number of benzene rings is 2. The number of hydrogen-bond donors (Lipinski definition) is 1. The third-order valence-electron chi connectivity index (χ3n) is 4.56. The lowest BCUT2D eigenvalue weighted by atomic mass is 10.0. The number of nitrogens with zero attached hydrogens (tertiary/aromatic N) is 3. The molecule has 1 N–H and O–H groups in total. The Morgan fingerprint density at radius 3 is 2.96 bits per heavy atom. The fraction of sp³-hybridized carbons (Fsp3) is 0.278. The third-order valence-corrected chi connectivity index (χ3v) is 4.56. The molecule has 0 radical (unpaired) electrons. The number of fused-ring (bicyclic) bond motifs is 1. The van der Waals surface area contributed by atoms with E-state index in [1.807, 2.05) is 35.2 Å². The van der Waals surface area contributed by atoms with Crippen LogP contribution in [0.1, 0.15) is 34.8 Å². The number of carbonyl (C=O) groups excluding carboxylic acids is 1. The Balaban J connectivity index is 1.64. The summed E-state index contributed by atoms with van der Waals surface area (Å²) in [5.74, 6) is 0.848. The fourth-order valence-corrected chi connectivity index (χ4v) is 3.34. The predicted molar refractivity (Wildman–Crippen MR) is 89.9 cm³/mol. The molecule has 1 saturated heterocycles. The Morgan fingerprint density at radius 1 is 1.21 bits per heavy atom. The van der Waals surface area contributed by atoms with Gasteiger partial charge in [0.1, 0.15) is 16.8 Å². The van der Waals surface area contributed by atoms with E-state index in [1.165, 1.54) is 0 Å². The van der Waals surface area contributed by atoms with Crippen molar-refractivity contribution in [1.82, 2.24) is 20.3 Å². The van der Waals surface area contributed by atoms with Gasteiger partial charge in [-0.25, -0.2) is 0 Å². The minimum absolute atomic E-state index is 0.0326. The van der Waals surface area contributed by atoms with Gasteiger partial charge in [-0.05, 0) is 48.7 Å². The van der Waals surface area contributed by atoms with E-state index in [2.05, 4.69) is 21.5 Å². The molecule has 1 aromatic heterocycles. The summed E-state index contributed by atoms with van der Waals surface area (Å²) in [7, 11) is 1.66. The molecule has 3 aromatic rings. The van der Waals surface area contributed by atoms with Gasteiger partial charge in [0.25, 0.3) is 5.91 Å². The number of likely N-dealkylation sites (tertiary alicyclic amines) is 1. The first-order chi connectivity index (χ1) is 11.8. The number of amides is 1. The van der Waals surface area contributed by atoms with E-state index in [4.69, 9.17) is 4.74 Å². The first kappa shape index (κ1) is 14.7. The SMILES string of the molecule is COc1cccc(C2CCCN2C(=O)c2ccc3n[nH]nc3c2)c1. The molecule has 1 fully saturated rings. The molecule has 1 aliphatic rings. The molecule has 6 nitrogen and oxygen atoms in total. The second-order valence-electron chi connectivity index (χ2n) is 5.96. The maximum atomic E-state index is 13.0. The quantitative estimate of drug-likeness (QED) is 0.805. The van der Waals surface area contributed by atoms with Crippen LogP contribution in [-0.4, -0.2) is 39.9 Å². The molecular weight excluding hydrogens is 304 g/mol. The number of ether oxygens (including phenoxy) is 1. The molecular formula is C18H18N4O2. The zero-order valence-corrected chi connectivity index (χ0v) is 13.4. The van der Waals surface area contributed by atoms with Gasteiger partial charge in [0.2, 0.25) is 0 Å². The highest BCUT2D eigenvalue weighted by atomic mass is 16.5. The number of aromatic nitrogens is 3. The maximum Gasteiger partial charge on any atom is 0.254 e. The highest BCUT2D eigenvalue weighted by molar-refractivity contribution is 5.97. The van der Waals surface area contributed by atoms with E-state index >= 15 is 0 Å². The van der Waals surface area contributed by atoms with E-state index in [-0.39, 0.29) is 11.9 Å². The van der Waals surface area contributed by atoms with Gasteiger partial charge in [-0.2, -0.15) is 15.4 Å². The monoisotopic (exact) mass is 322 g/mol. The largest absolute Gasteiger partial charge is 0.497 e. The number of carbonyl (C=O) groups is 1. The summed E-state index contributed by atoms with van der Waals surface area (Å²) in [4.78, 5) is 14.9.